The third-order valence-corrected chi connectivity index (χ3v) is 2.75. The molecular weight excluding hydrogens is 380 g/mol. The van der Waals surface area contributed by atoms with Crippen molar-refractivity contribution >= 4 is 33.0 Å². The first-order valence-electron chi connectivity index (χ1n) is 6.05. The lowest BCUT2D eigenvalue weighted by molar-refractivity contribution is -0.867. The molecule has 128 valence electrons. The van der Waals surface area contributed by atoms with Crippen LogP contribution in [-0.4, -0.2) is 52.3 Å². The van der Waals surface area contributed by atoms with Gasteiger partial charge in [-0.25, -0.2) is 0 Å². The summed E-state index contributed by atoms with van der Waals surface area (Å²) in [4.78, 5) is 27.5. The third kappa shape index (κ3) is 6.97. The van der Waals surface area contributed by atoms with E-state index in [1.54, 1.807) is 0 Å². The van der Waals surface area contributed by atoms with Gasteiger partial charge in [0.25, 0.3) is 17.1 Å². The molecule has 1 rings (SSSR count). The lowest BCUT2D eigenvalue weighted by Crippen LogP contribution is -2.35. The summed E-state index contributed by atoms with van der Waals surface area (Å²) in [5, 5.41) is 43.2. The molecule has 0 aliphatic rings. The summed E-state index contributed by atoms with van der Waals surface area (Å²) in [6, 6.07) is 0.769. The molecule has 0 atom stereocenters. The van der Waals surface area contributed by atoms with E-state index in [9.17, 15) is 35.4 Å². The van der Waals surface area contributed by atoms with E-state index in [2.05, 4.69) is 37.1 Å². The molecule has 0 saturated carbocycles. The van der Waals surface area contributed by atoms with Crippen molar-refractivity contribution in [2.75, 3.05) is 33.0 Å². The fourth-order valence-electron chi connectivity index (χ4n) is 1.21. The van der Waals surface area contributed by atoms with Gasteiger partial charge in [0.1, 0.15) is 0 Å². The molecule has 11 nitrogen and oxygen atoms in total. The van der Waals surface area contributed by atoms with Crippen LogP contribution in [0.2, 0.25) is 0 Å². The maximum atomic E-state index is 11.1. The first kappa shape index (κ1) is 20.7. The van der Waals surface area contributed by atoms with Crippen LogP contribution in [0.1, 0.15) is 0 Å². The lowest BCUT2D eigenvalue weighted by Gasteiger charge is -2.21. The van der Waals surface area contributed by atoms with E-state index in [4.69, 9.17) is 0 Å². The van der Waals surface area contributed by atoms with Gasteiger partial charge in [-0.2, -0.15) is 0 Å². The molecule has 23 heavy (non-hydrogen) atoms. The van der Waals surface area contributed by atoms with Crippen LogP contribution in [0.5, 0.6) is 5.75 Å². The molecule has 0 radical (unpaired) electrons. The first-order chi connectivity index (χ1) is 10.4. The molecule has 0 heterocycles. The fraction of sp³-hybridized carbons (Fsp3) is 0.455. The Morgan fingerprint density at radius 2 is 1.35 bits per heavy atom. The average molecular weight is 395 g/mol. The molecule has 12 heteroatoms. The molecule has 0 amide bonds. The van der Waals surface area contributed by atoms with Gasteiger partial charge in [0.2, 0.25) is 0 Å². The smallest absolute Gasteiger partial charge is 0.283 e. The Kier molecular flexibility index (Phi) is 7.49. The average Bonchev–Trinajstić information content (AvgIpc) is 2.37. The second-order valence-electron chi connectivity index (χ2n) is 5.29. The van der Waals surface area contributed by atoms with Gasteiger partial charge in [0, 0.05) is 0 Å². The van der Waals surface area contributed by atoms with E-state index < -0.39 is 37.6 Å². The van der Waals surface area contributed by atoms with Gasteiger partial charge in [-0.3, -0.25) is 30.3 Å². The Hall–Kier alpha value is -2.34. The number of nitrogens with zero attached hydrogens (tertiary/aromatic N) is 4. The summed E-state index contributed by atoms with van der Waals surface area (Å²) < 4.78 is 1.05. The molecule has 0 saturated heterocycles. The molecule has 0 N–H and O–H groups in total. The molecule has 1 aromatic carbocycles. The number of non-ortho nitro benzene ring substituents is 1. The molecular formula is C11H15BrN4O7. The van der Waals surface area contributed by atoms with E-state index >= 15 is 0 Å². The zero-order valence-corrected chi connectivity index (χ0v) is 14.2. The number of rotatable bonds is 5. The van der Waals surface area contributed by atoms with Gasteiger partial charge < -0.3 is 9.59 Å². The highest BCUT2D eigenvalue weighted by atomic mass is 79.9. The van der Waals surface area contributed by atoms with Gasteiger partial charge in [0.15, 0.2) is 0 Å². The minimum atomic E-state index is -1.46. The van der Waals surface area contributed by atoms with E-state index in [0.29, 0.717) is 12.1 Å². The van der Waals surface area contributed by atoms with Gasteiger partial charge in [-0.1, -0.05) is 15.9 Å². The second kappa shape index (κ2) is 8.33. The minimum Gasteiger partial charge on any atom is -0.863 e. The number of quaternary nitrogens is 1. The molecule has 0 unspecified atom stereocenters. The highest BCUT2D eigenvalue weighted by Crippen LogP contribution is 2.36. The highest BCUT2D eigenvalue weighted by molar-refractivity contribution is 9.09. The predicted octanol–water partition coefficient (Wildman–Crippen LogP) is 1.57. The van der Waals surface area contributed by atoms with Crippen molar-refractivity contribution < 1.29 is 24.4 Å². The molecule has 1 aromatic rings. The largest absolute Gasteiger partial charge is 0.863 e. The summed E-state index contributed by atoms with van der Waals surface area (Å²) in [5.74, 6) is -1.46. The Morgan fingerprint density at radius 1 is 0.957 bits per heavy atom. The number of benzene rings is 1. The summed E-state index contributed by atoms with van der Waals surface area (Å²) in [7, 11) is 6.55. The number of hydrogen-bond acceptors (Lipinski definition) is 7. The van der Waals surface area contributed by atoms with E-state index in [-0.39, 0.29) is 0 Å². The highest BCUT2D eigenvalue weighted by Gasteiger charge is 2.24. The molecule has 0 bridgehead atoms. The monoisotopic (exact) mass is 394 g/mol. The van der Waals surface area contributed by atoms with Crippen LogP contribution in [0.4, 0.5) is 17.1 Å². The topological polar surface area (TPSA) is 152 Å². The Morgan fingerprint density at radius 3 is 1.52 bits per heavy atom. The second-order valence-corrected chi connectivity index (χ2v) is 6.08. The lowest BCUT2D eigenvalue weighted by atomic mass is 10.2. The zero-order valence-electron chi connectivity index (χ0n) is 12.6. The van der Waals surface area contributed by atoms with Crippen molar-refractivity contribution in [3.63, 3.8) is 0 Å². The van der Waals surface area contributed by atoms with Gasteiger partial charge >= 0.3 is 0 Å². The van der Waals surface area contributed by atoms with E-state index in [0.717, 1.165) is 9.81 Å². The van der Waals surface area contributed by atoms with Crippen LogP contribution in [0.3, 0.4) is 0 Å². The van der Waals surface area contributed by atoms with Gasteiger partial charge in [0.05, 0.1) is 65.7 Å². The summed E-state index contributed by atoms with van der Waals surface area (Å²) in [5.41, 5.74) is -3.26. The number of nitro benzene ring substituents is 3. The van der Waals surface area contributed by atoms with Crippen LogP contribution >= 0.6 is 15.9 Å². The molecule has 0 spiro atoms. The number of nitro groups is 3. The first-order valence-corrected chi connectivity index (χ1v) is 7.17. The van der Waals surface area contributed by atoms with Crippen molar-refractivity contribution in [1.82, 2.24) is 0 Å². The van der Waals surface area contributed by atoms with Crippen LogP contribution < -0.4 is 5.11 Å². The summed E-state index contributed by atoms with van der Waals surface area (Å²) >= 11 is 3.37. The van der Waals surface area contributed by atoms with Crippen molar-refractivity contribution in [3.05, 3.63) is 42.5 Å². The SMILES string of the molecule is C[N+](C)(C)CCBr.O=[N+]([O-])c1cc([N+](=O)[O-])c([O-])c([N+](=O)[O-])c1. The Labute approximate surface area is 139 Å². The van der Waals surface area contributed by atoms with Crippen LogP contribution in [-0.2, 0) is 0 Å². The van der Waals surface area contributed by atoms with Crippen LogP contribution in [0.25, 0.3) is 0 Å². The van der Waals surface area contributed by atoms with Crippen molar-refractivity contribution in [2.24, 2.45) is 0 Å². The molecule has 0 fully saturated rings. The van der Waals surface area contributed by atoms with Gasteiger partial charge in [-0.05, 0) is 0 Å². The Bertz CT molecular complexity index is 580. The maximum absolute atomic E-state index is 11.1. The van der Waals surface area contributed by atoms with Crippen molar-refractivity contribution in [1.29, 1.82) is 0 Å². The maximum Gasteiger partial charge on any atom is 0.283 e. The fourth-order valence-corrected chi connectivity index (χ4v) is 2.28. The van der Waals surface area contributed by atoms with E-state index in [1.807, 2.05) is 0 Å². The molecule has 0 aliphatic heterocycles. The van der Waals surface area contributed by atoms with Crippen molar-refractivity contribution in [3.8, 4) is 5.75 Å². The number of hydrogen-bond donors (Lipinski definition) is 0. The summed E-state index contributed by atoms with van der Waals surface area (Å²) in [6.45, 7) is 1.19. The number of halogens is 1. The third-order valence-electron chi connectivity index (χ3n) is 2.39. The number of alkyl halides is 1. The quantitative estimate of drug-likeness (QED) is 0.317. The Balaban J connectivity index is 0.000000585. The predicted molar refractivity (Wildman–Crippen MR) is 82.5 cm³/mol. The molecule has 0 aliphatic carbocycles. The van der Waals surface area contributed by atoms with Crippen molar-refractivity contribution in [2.45, 2.75) is 0 Å². The van der Waals surface area contributed by atoms with Crippen LogP contribution in [0, 0.1) is 30.3 Å². The standard InChI is InChI=1S/C6H3N3O7.C5H13BrN/c10-6-4(8(13)14)1-3(7(11)12)2-5(6)9(15)16;1-7(2,3)5-4-6/h1-2,10H;4-5H2,1-3H3/q;+1/p-1. The van der Waals surface area contributed by atoms with E-state index in [1.165, 1.54) is 6.54 Å². The van der Waals surface area contributed by atoms with Gasteiger partial charge in [-0.15, -0.1) is 0 Å². The molecule has 0 aromatic heterocycles. The summed E-state index contributed by atoms with van der Waals surface area (Å²) in [6.07, 6.45) is 0. The minimum absolute atomic E-state index is 0.384. The normalized spacial score (nSPS) is 10.4. The van der Waals surface area contributed by atoms with Crippen LogP contribution in [0.15, 0.2) is 12.1 Å². The zero-order chi connectivity index (χ0) is 18.4.